The molecule has 0 aliphatic carbocycles. The monoisotopic (exact) mass is 329 g/mol. The zero-order valence-electron chi connectivity index (χ0n) is 11.7. The first-order valence-corrected chi connectivity index (χ1v) is 7.85. The Hall–Kier alpha value is -2.24. The molecule has 1 amide bonds. The number of nitrogens with one attached hydrogen (secondary N) is 1. The van der Waals surface area contributed by atoms with Crippen molar-refractivity contribution in [3.8, 4) is 11.3 Å². The normalized spacial score (nSPS) is 10.5. The van der Waals surface area contributed by atoms with Crippen LogP contribution in [0.1, 0.15) is 16.2 Å². The Morgan fingerprint density at radius 2 is 1.95 bits per heavy atom. The minimum atomic E-state index is -0.274. The van der Waals surface area contributed by atoms with Crippen molar-refractivity contribution < 1.29 is 4.79 Å². The lowest BCUT2D eigenvalue weighted by molar-refractivity contribution is 0.102. The van der Waals surface area contributed by atoms with Crippen molar-refractivity contribution in [2.75, 3.05) is 5.32 Å². The number of aromatic nitrogens is 2. The standard InChI is InChI=1S/C16H12ClN3OS/c1-10-5-4-8-13(18-10)15(21)20-16-19-14(9-22-16)11-6-2-3-7-12(11)17/h2-9H,1H3,(H,19,20,21). The van der Waals surface area contributed by atoms with E-state index in [1.165, 1.54) is 11.3 Å². The van der Waals surface area contributed by atoms with E-state index in [1.807, 2.05) is 42.6 Å². The van der Waals surface area contributed by atoms with E-state index in [9.17, 15) is 4.79 Å². The number of hydrogen-bond donors (Lipinski definition) is 1. The van der Waals surface area contributed by atoms with Crippen molar-refractivity contribution in [2.45, 2.75) is 6.92 Å². The van der Waals surface area contributed by atoms with Gasteiger partial charge < -0.3 is 0 Å². The summed E-state index contributed by atoms with van der Waals surface area (Å²) in [6.07, 6.45) is 0. The number of benzene rings is 1. The van der Waals surface area contributed by atoms with E-state index in [0.717, 1.165) is 17.0 Å². The highest BCUT2D eigenvalue weighted by molar-refractivity contribution is 7.14. The highest BCUT2D eigenvalue weighted by Crippen LogP contribution is 2.30. The second-order valence-electron chi connectivity index (χ2n) is 4.64. The van der Waals surface area contributed by atoms with Gasteiger partial charge in [-0.05, 0) is 25.1 Å². The van der Waals surface area contributed by atoms with Crippen molar-refractivity contribution >= 4 is 34.0 Å². The Balaban J connectivity index is 1.80. The zero-order chi connectivity index (χ0) is 15.5. The summed E-state index contributed by atoms with van der Waals surface area (Å²) in [6.45, 7) is 1.84. The summed E-state index contributed by atoms with van der Waals surface area (Å²) in [6, 6.07) is 12.8. The highest BCUT2D eigenvalue weighted by Gasteiger charge is 2.12. The molecule has 110 valence electrons. The lowest BCUT2D eigenvalue weighted by Gasteiger charge is -2.02. The summed E-state index contributed by atoms with van der Waals surface area (Å²) in [7, 11) is 0. The maximum absolute atomic E-state index is 12.1. The number of rotatable bonds is 3. The van der Waals surface area contributed by atoms with Gasteiger partial charge in [-0.15, -0.1) is 11.3 Å². The van der Waals surface area contributed by atoms with Crippen LogP contribution in [-0.4, -0.2) is 15.9 Å². The third-order valence-electron chi connectivity index (χ3n) is 3.00. The van der Waals surface area contributed by atoms with Gasteiger partial charge in [0.2, 0.25) is 0 Å². The molecule has 3 aromatic rings. The molecule has 6 heteroatoms. The van der Waals surface area contributed by atoms with Gasteiger partial charge in [0.05, 0.1) is 5.69 Å². The predicted octanol–water partition coefficient (Wildman–Crippen LogP) is 4.42. The number of anilines is 1. The van der Waals surface area contributed by atoms with Gasteiger partial charge in [0.1, 0.15) is 5.69 Å². The summed E-state index contributed by atoms with van der Waals surface area (Å²) in [5, 5.41) is 5.77. The number of thiazole rings is 1. The van der Waals surface area contributed by atoms with E-state index in [-0.39, 0.29) is 5.91 Å². The van der Waals surface area contributed by atoms with Crippen LogP contribution in [-0.2, 0) is 0 Å². The molecular weight excluding hydrogens is 318 g/mol. The summed E-state index contributed by atoms with van der Waals surface area (Å²) < 4.78 is 0. The number of halogens is 1. The summed E-state index contributed by atoms with van der Waals surface area (Å²) in [5.74, 6) is -0.274. The topological polar surface area (TPSA) is 54.9 Å². The van der Waals surface area contributed by atoms with Gasteiger partial charge >= 0.3 is 0 Å². The van der Waals surface area contributed by atoms with Crippen LogP contribution >= 0.6 is 22.9 Å². The number of amides is 1. The molecule has 3 rings (SSSR count). The molecule has 2 aromatic heterocycles. The largest absolute Gasteiger partial charge is 0.296 e. The molecule has 0 unspecified atom stereocenters. The smallest absolute Gasteiger partial charge is 0.276 e. The Kier molecular flexibility index (Phi) is 4.18. The Labute approximate surface area is 136 Å². The van der Waals surface area contributed by atoms with Crippen LogP contribution in [0.4, 0.5) is 5.13 Å². The van der Waals surface area contributed by atoms with Gasteiger partial charge in [0.15, 0.2) is 5.13 Å². The minimum absolute atomic E-state index is 0.274. The number of pyridine rings is 1. The Morgan fingerprint density at radius 3 is 2.73 bits per heavy atom. The van der Waals surface area contributed by atoms with Crippen LogP contribution in [0.15, 0.2) is 47.8 Å². The van der Waals surface area contributed by atoms with E-state index in [4.69, 9.17) is 11.6 Å². The zero-order valence-corrected chi connectivity index (χ0v) is 13.3. The summed E-state index contributed by atoms with van der Waals surface area (Å²) in [4.78, 5) is 20.7. The molecule has 0 saturated carbocycles. The van der Waals surface area contributed by atoms with Crippen molar-refractivity contribution in [3.63, 3.8) is 0 Å². The van der Waals surface area contributed by atoms with Crippen LogP contribution in [0.5, 0.6) is 0 Å². The summed E-state index contributed by atoms with van der Waals surface area (Å²) in [5.41, 5.74) is 2.75. The van der Waals surface area contributed by atoms with Gasteiger partial charge in [0, 0.05) is 21.7 Å². The van der Waals surface area contributed by atoms with Crippen molar-refractivity contribution in [1.82, 2.24) is 9.97 Å². The number of carbonyl (C=O) groups is 1. The first-order chi connectivity index (χ1) is 10.6. The average molecular weight is 330 g/mol. The molecular formula is C16H12ClN3OS. The fourth-order valence-electron chi connectivity index (χ4n) is 1.95. The molecule has 0 atom stereocenters. The SMILES string of the molecule is Cc1cccc(C(=O)Nc2nc(-c3ccccc3Cl)cs2)n1. The second-order valence-corrected chi connectivity index (χ2v) is 5.90. The molecule has 22 heavy (non-hydrogen) atoms. The first-order valence-electron chi connectivity index (χ1n) is 6.59. The highest BCUT2D eigenvalue weighted by atomic mass is 35.5. The molecule has 1 aromatic carbocycles. The maximum atomic E-state index is 12.1. The first kappa shape index (κ1) is 14.7. The maximum Gasteiger partial charge on any atom is 0.276 e. The number of nitrogens with zero attached hydrogens (tertiary/aromatic N) is 2. The molecule has 4 nitrogen and oxygen atoms in total. The van der Waals surface area contributed by atoms with E-state index in [0.29, 0.717) is 15.8 Å². The number of hydrogen-bond acceptors (Lipinski definition) is 4. The molecule has 2 heterocycles. The molecule has 0 aliphatic rings. The Bertz CT molecular complexity index is 832. The van der Waals surface area contributed by atoms with Crippen LogP contribution in [0.3, 0.4) is 0 Å². The fourth-order valence-corrected chi connectivity index (χ4v) is 2.89. The van der Waals surface area contributed by atoms with Gasteiger partial charge in [-0.3, -0.25) is 10.1 Å². The molecule has 1 N–H and O–H groups in total. The Morgan fingerprint density at radius 1 is 1.14 bits per heavy atom. The van der Waals surface area contributed by atoms with Crippen LogP contribution in [0.25, 0.3) is 11.3 Å². The predicted molar refractivity (Wildman–Crippen MR) is 89.5 cm³/mol. The number of carbonyl (C=O) groups excluding carboxylic acids is 1. The third-order valence-corrected chi connectivity index (χ3v) is 4.08. The van der Waals surface area contributed by atoms with Crippen molar-refractivity contribution in [2.24, 2.45) is 0 Å². The van der Waals surface area contributed by atoms with Gasteiger partial charge in [-0.2, -0.15) is 0 Å². The molecule has 0 fully saturated rings. The summed E-state index contributed by atoms with van der Waals surface area (Å²) >= 11 is 7.51. The molecule has 0 spiro atoms. The van der Waals surface area contributed by atoms with Crippen LogP contribution in [0.2, 0.25) is 5.02 Å². The van der Waals surface area contributed by atoms with Crippen LogP contribution in [0, 0.1) is 6.92 Å². The lowest BCUT2D eigenvalue weighted by atomic mass is 10.2. The van der Waals surface area contributed by atoms with E-state index >= 15 is 0 Å². The lowest BCUT2D eigenvalue weighted by Crippen LogP contribution is -2.13. The third kappa shape index (κ3) is 3.16. The van der Waals surface area contributed by atoms with Gasteiger partial charge in [0.25, 0.3) is 5.91 Å². The average Bonchev–Trinajstić information content (AvgIpc) is 2.96. The molecule has 0 saturated heterocycles. The second kappa shape index (κ2) is 6.25. The minimum Gasteiger partial charge on any atom is -0.296 e. The fraction of sp³-hybridized carbons (Fsp3) is 0.0625. The van der Waals surface area contributed by atoms with Gasteiger partial charge in [-0.25, -0.2) is 9.97 Å². The van der Waals surface area contributed by atoms with Gasteiger partial charge in [-0.1, -0.05) is 35.9 Å². The van der Waals surface area contributed by atoms with E-state index in [1.54, 1.807) is 12.1 Å². The van der Waals surface area contributed by atoms with Crippen molar-refractivity contribution in [1.29, 1.82) is 0 Å². The van der Waals surface area contributed by atoms with Crippen molar-refractivity contribution in [3.05, 3.63) is 64.3 Å². The van der Waals surface area contributed by atoms with Crippen LogP contribution < -0.4 is 5.32 Å². The quantitative estimate of drug-likeness (QED) is 0.774. The molecule has 0 bridgehead atoms. The molecule has 0 radical (unpaired) electrons. The number of aryl methyl sites for hydroxylation is 1. The molecule has 0 aliphatic heterocycles. The van der Waals surface area contributed by atoms with E-state index in [2.05, 4.69) is 15.3 Å². The van der Waals surface area contributed by atoms with E-state index < -0.39 is 0 Å².